The normalized spacial score (nSPS) is 30.3. The molecule has 1 saturated carbocycles. The molecule has 2 aliphatic heterocycles. The second-order valence-corrected chi connectivity index (χ2v) is 11.9. The van der Waals surface area contributed by atoms with Gasteiger partial charge in [0.15, 0.2) is 0 Å². The van der Waals surface area contributed by atoms with E-state index in [0.717, 1.165) is 30.5 Å². The Balaban J connectivity index is 1.50. The summed E-state index contributed by atoms with van der Waals surface area (Å²) in [4.78, 5) is 4.82. The summed E-state index contributed by atoms with van der Waals surface area (Å²) in [5.41, 5.74) is 20.3. The quantitative estimate of drug-likeness (QED) is 0.430. The molecular formula is C34H40N4. The summed E-state index contributed by atoms with van der Waals surface area (Å²) in [6.45, 7) is 4.83. The second-order valence-electron chi connectivity index (χ2n) is 11.9. The molecule has 4 heteroatoms. The van der Waals surface area contributed by atoms with Crippen LogP contribution in [0.25, 0.3) is 0 Å². The molecule has 4 nitrogen and oxygen atoms in total. The lowest BCUT2D eigenvalue weighted by atomic mass is 9.78. The van der Waals surface area contributed by atoms with E-state index in [1.54, 1.807) is 5.57 Å². The molecule has 1 fully saturated rings. The van der Waals surface area contributed by atoms with Gasteiger partial charge in [-0.05, 0) is 91.0 Å². The summed E-state index contributed by atoms with van der Waals surface area (Å²) in [7, 11) is 0. The molecule has 4 N–H and O–H groups in total. The number of nitrogens with two attached hydrogens (primary N) is 2. The lowest BCUT2D eigenvalue weighted by Gasteiger charge is -2.39. The molecule has 3 atom stereocenters. The first-order valence-electron chi connectivity index (χ1n) is 14.1. The molecule has 1 aromatic rings. The molecule has 2 heterocycles. The van der Waals surface area contributed by atoms with E-state index in [-0.39, 0.29) is 17.4 Å². The van der Waals surface area contributed by atoms with Gasteiger partial charge >= 0.3 is 0 Å². The number of hydrogen-bond donors (Lipinski definition) is 2. The van der Waals surface area contributed by atoms with Gasteiger partial charge in [0.05, 0.1) is 12.2 Å². The molecule has 3 aliphatic carbocycles. The summed E-state index contributed by atoms with van der Waals surface area (Å²) in [6, 6.07) is 8.60. The highest BCUT2D eigenvalue weighted by Crippen LogP contribution is 2.52. The fourth-order valence-corrected chi connectivity index (χ4v) is 6.72. The Morgan fingerprint density at radius 3 is 2.74 bits per heavy atom. The Kier molecular flexibility index (Phi) is 6.63. The molecule has 0 spiro atoms. The third-order valence-electron chi connectivity index (χ3n) is 8.89. The molecule has 0 bridgehead atoms. The average molecular weight is 505 g/mol. The summed E-state index contributed by atoms with van der Waals surface area (Å²) in [5.74, 6) is 0.854. The number of anilines is 1. The Hall–Kier alpha value is -3.34. The van der Waals surface area contributed by atoms with Gasteiger partial charge in [0, 0.05) is 35.4 Å². The highest BCUT2D eigenvalue weighted by atomic mass is 15.2. The zero-order valence-electron chi connectivity index (χ0n) is 22.6. The van der Waals surface area contributed by atoms with Crippen LogP contribution in [-0.2, 0) is 0 Å². The van der Waals surface area contributed by atoms with Gasteiger partial charge in [-0.3, -0.25) is 0 Å². The molecule has 5 aliphatic rings. The maximum absolute atomic E-state index is 6.15. The summed E-state index contributed by atoms with van der Waals surface area (Å²) >= 11 is 0. The number of rotatable bonds is 3. The van der Waals surface area contributed by atoms with Crippen molar-refractivity contribution < 1.29 is 0 Å². The van der Waals surface area contributed by atoms with Crippen molar-refractivity contribution in [1.29, 1.82) is 0 Å². The SMILES string of the molecule is CC1(C)CCC2CC3=C(C=C21)N(c1cccc(C(N)N)c1)C1/C=C/N(C2=CC=CCC2)/C=C\C=C\C1C=C3. The molecule has 3 unspecified atom stereocenters. The second kappa shape index (κ2) is 10.1. The van der Waals surface area contributed by atoms with E-state index in [9.17, 15) is 0 Å². The predicted molar refractivity (Wildman–Crippen MR) is 158 cm³/mol. The maximum Gasteiger partial charge on any atom is 0.0785 e. The average Bonchev–Trinajstić information content (AvgIpc) is 3.19. The van der Waals surface area contributed by atoms with Crippen molar-refractivity contribution in [3.8, 4) is 0 Å². The van der Waals surface area contributed by atoms with Gasteiger partial charge in [0.25, 0.3) is 0 Å². The van der Waals surface area contributed by atoms with Gasteiger partial charge < -0.3 is 21.3 Å². The van der Waals surface area contributed by atoms with Crippen LogP contribution in [0.15, 0.2) is 120 Å². The van der Waals surface area contributed by atoms with Crippen molar-refractivity contribution in [1.82, 2.24) is 4.90 Å². The Morgan fingerprint density at radius 2 is 1.92 bits per heavy atom. The smallest absolute Gasteiger partial charge is 0.0785 e. The fourth-order valence-electron chi connectivity index (χ4n) is 6.72. The molecule has 0 saturated heterocycles. The minimum Gasteiger partial charge on any atom is -0.333 e. The first-order valence-corrected chi connectivity index (χ1v) is 14.1. The van der Waals surface area contributed by atoms with Crippen LogP contribution in [0.2, 0.25) is 0 Å². The van der Waals surface area contributed by atoms with Crippen molar-refractivity contribution in [2.75, 3.05) is 4.90 Å². The van der Waals surface area contributed by atoms with Crippen LogP contribution < -0.4 is 16.4 Å². The van der Waals surface area contributed by atoms with Gasteiger partial charge in [-0.1, -0.05) is 68.0 Å². The van der Waals surface area contributed by atoms with E-state index < -0.39 is 6.17 Å². The van der Waals surface area contributed by atoms with Gasteiger partial charge in [0.1, 0.15) is 0 Å². The minimum atomic E-state index is -0.505. The van der Waals surface area contributed by atoms with Crippen LogP contribution in [0.4, 0.5) is 5.69 Å². The van der Waals surface area contributed by atoms with E-state index in [4.69, 9.17) is 11.5 Å². The lowest BCUT2D eigenvalue weighted by molar-refractivity contribution is 0.459. The number of benzene rings is 1. The fraction of sp³-hybridized carbons (Fsp3) is 0.353. The van der Waals surface area contributed by atoms with Gasteiger partial charge in [0.2, 0.25) is 0 Å². The van der Waals surface area contributed by atoms with Crippen LogP contribution in [0, 0.1) is 17.3 Å². The van der Waals surface area contributed by atoms with Gasteiger partial charge in [-0.2, -0.15) is 0 Å². The largest absolute Gasteiger partial charge is 0.333 e. The van der Waals surface area contributed by atoms with E-state index in [1.807, 2.05) is 6.07 Å². The Morgan fingerprint density at radius 1 is 1.03 bits per heavy atom. The number of allylic oxidation sites excluding steroid dienone is 10. The van der Waals surface area contributed by atoms with Crippen molar-refractivity contribution in [3.05, 3.63) is 126 Å². The van der Waals surface area contributed by atoms with Crippen LogP contribution in [0.3, 0.4) is 0 Å². The number of hydrogen-bond acceptors (Lipinski definition) is 4. The van der Waals surface area contributed by atoms with Crippen LogP contribution in [0.5, 0.6) is 0 Å². The van der Waals surface area contributed by atoms with E-state index in [2.05, 4.69) is 115 Å². The molecule has 0 radical (unpaired) electrons. The summed E-state index contributed by atoms with van der Waals surface area (Å²) in [5, 5.41) is 0. The predicted octanol–water partition coefficient (Wildman–Crippen LogP) is 7.12. The van der Waals surface area contributed by atoms with Crippen molar-refractivity contribution in [2.45, 2.75) is 58.2 Å². The molecule has 38 heavy (non-hydrogen) atoms. The third kappa shape index (κ3) is 4.68. The molecule has 0 amide bonds. The zero-order valence-corrected chi connectivity index (χ0v) is 22.6. The van der Waals surface area contributed by atoms with E-state index >= 15 is 0 Å². The molecule has 0 aromatic heterocycles. The first kappa shape index (κ1) is 25.0. The minimum absolute atomic E-state index is 0.0966. The molecule has 1 aromatic carbocycles. The monoisotopic (exact) mass is 504 g/mol. The van der Waals surface area contributed by atoms with Crippen LogP contribution in [-0.4, -0.2) is 10.9 Å². The van der Waals surface area contributed by atoms with Crippen LogP contribution >= 0.6 is 0 Å². The highest BCUT2D eigenvalue weighted by Gasteiger charge is 2.41. The molecule has 196 valence electrons. The van der Waals surface area contributed by atoms with Gasteiger partial charge in [-0.25, -0.2) is 0 Å². The van der Waals surface area contributed by atoms with E-state index in [0.29, 0.717) is 5.92 Å². The molecular weight excluding hydrogens is 464 g/mol. The Bertz CT molecular complexity index is 1330. The Labute approximate surface area is 227 Å². The first-order chi connectivity index (χ1) is 18.4. The summed E-state index contributed by atoms with van der Waals surface area (Å²) in [6.07, 6.45) is 32.7. The van der Waals surface area contributed by atoms with Gasteiger partial charge in [-0.15, -0.1) is 0 Å². The van der Waals surface area contributed by atoms with Crippen molar-refractivity contribution in [3.63, 3.8) is 0 Å². The van der Waals surface area contributed by atoms with Crippen molar-refractivity contribution >= 4 is 5.69 Å². The topological polar surface area (TPSA) is 58.5 Å². The van der Waals surface area contributed by atoms with Crippen molar-refractivity contribution in [2.24, 2.45) is 28.7 Å². The zero-order chi connectivity index (χ0) is 26.3. The van der Waals surface area contributed by atoms with E-state index in [1.165, 1.54) is 29.8 Å². The standard InChI is InChI=1S/C34H40N4/c1-34(2)18-16-25-21-26-15-14-24-9-6-7-19-37(28-11-4-3-5-12-28)20-17-31(24)38(32(26)23-30(25)34)29-13-8-10-27(22-29)33(35)36/h3-4,6-11,13-15,17,19-20,22-25,31,33H,5,12,16,18,21,35-36H2,1-2H3/b9-6+,19-7-,20-17+. The third-order valence-corrected chi connectivity index (χ3v) is 8.89. The summed E-state index contributed by atoms with van der Waals surface area (Å²) < 4.78 is 0. The molecule has 6 rings (SSSR count). The lowest BCUT2D eigenvalue weighted by Crippen LogP contribution is -2.38. The highest BCUT2D eigenvalue weighted by molar-refractivity contribution is 5.64. The number of nitrogens with zero attached hydrogens (tertiary/aromatic N) is 2. The van der Waals surface area contributed by atoms with Crippen LogP contribution in [0.1, 0.15) is 57.7 Å². The number of fused-ring (bicyclic) bond motifs is 2. The maximum atomic E-state index is 6.15.